The number of amides is 1. The molecule has 0 saturated carbocycles. The smallest absolute Gasteiger partial charge is 0.272 e. The Labute approximate surface area is 149 Å². The first-order valence-corrected chi connectivity index (χ1v) is 8.62. The predicted octanol–water partition coefficient (Wildman–Crippen LogP) is 3.65. The van der Waals surface area contributed by atoms with E-state index in [4.69, 9.17) is 9.47 Å². The van der Waals surface area contributed by atoms with E-state index in [-0.39, 0.29) is 11.9 Å². The lowest BCUT2D eigenvalue weighted by atomic mass is 10.1. The van der Waals surface area contributed by atoms with Gasteiger partial charge in [0.1, 0.15) is 11.5 Å². The maximum atomic E-state index is 12.5. The Morgan fingerprint density at radius 3 is 2.76 bits per heavy atom. The molecule has 25 heavy (non-hydrogen) atoms. The van der Waals surface area contributed by atoms with E-state index >= 15 is 0 Å². The summed E-state index contributed by atoms with van der Waals surface area (Å²) in [5.74, 6) is 1.14. The van der Waals surface area contributed by atoms with Crippen molar-refractivity contribution in [3.05, 3.63) is 53.0 Å². The molecule has 2 aromatic heterocycles. The third kappa shape index (κ3) is 3.66. The summed E-state index contributed by atoms with van der Waals surface area (Å²) in [5.41, 5.74) is 2.01. The number of carbonyl (C=O) groups excluding carboxylic acids is 1. The normalized spacial score (nSPS) is 11.8. The molecule has 3 aromatic rings. The molecule has 2 N–H and O–H groups in total. The van der Waals surface area contributed by atoms with Gasteiger partial charge in [0.05, 0.1) is 30.8 Å². The van der Waals surface area contributed by atoms with Crippen LogP contribution in [0.3, 0.4) is 0 Å². The number of rotatable bonds is 6. The number of aromatic nitrogens is 2. The van der Waals surface area contributed by atoms with Crippen molar-refractivity contribution in [3.63, 3.8) is 0 Å². The molecule has 0 fully saturated rings. The molecule has 130 valence electrons. The van der Waals surface area contributed by atoms with Crippen LogP contribution in [-0.2, 0) is 0 Å². The molecule has 0 bridgehead atoms. The van der Waals surface area contributed by atoms with E-state index in [1.807, 2.05) is 42.6 Å². The molecule has 0 spiro atoms. The second-order valence-corrected chi connectivity index (χ2v) is 6.39. The average Bonchev–Trinajstić information content (AvgIpc) is 3.32. The van der Waals surface area contributed by atoms with Crippen molar-refractivity contribution in [1.82, 2.24) is 15.5 Å². The second-order valence-electron chi connectivity index (χ2n) is 5.45. The second kappa shape index (κ2) is 7.40. The van der Waals surface area contributed by atoms with Gasteiger partial charge in [-0.1, -0.05) is 6.07 Å². The zero-order chi connectivity index (χ0) is 17.8. The fourth-order valence-corrected chi connectivity index (χ4v) is 3.21. The van der Waals surface area contributed by atoms with Crippen LogP contribution < -0.4 is 14.8 Å². The van der Waals surface area contributed by atoms with Crippen molar-refractivity contribution in [2.75, 3.05) is 14.2 Å². The Morgan fingerprint density at radius 2 is 2.08 bits per heavy atom. The van der Waals surface area contributed by atoms with Gasteiger partial charge in [0.15, 0.2) is 5.69 Å². The maximum Gasteiger partial charge on any atom is 0.272 e. The van der Waals surface area contributed by atoms with Crippen LogP contribution >= 0.6 is 11.3 Å². The van der Waals surface area contributed by atoms with E-state index in [1.165, 1.54) is 0 Å². The monoisotopic (exact) mass is 357 g/mol. The first-order chi connectivity index (χ1) is 12.1. The zero-order valence-corrected chi connectivity index (χ0v) is 15.0. The van der Waals surface area contributed by atoms with Gasteiger partial charge in [-0.25, -0.2) is 0 Å². The number of thiophene rings is 1. The highest BCUT2D eigenvalue weighted by Gasteiger charge is 2.18. The van der Waals surface area contributed by atoms with Gasteiger partial charge < -0.3 is 14.8 Å². The molecule has 2 heterocycles. The van der Waals surface area contributed by atoms with Gasteiger partial charge in [0.2, 0.25) is 0 Å². The molecule has 0 saturated heterocycles. The van der Waals surface area contributed by atoms with Crippen molar-refractivity contribution in [3.8, 4) is 22.1 Å². The molecule has 1 aromatic carbocycles. The molecule has 1 unspecified atom stereocenters. The fraction of sp³-hybridized carbons (Fsp3) is 0.222. The topological polar surface area (TPSA) is 76.2 Å². The van der Waals surface area contributed by atoms with E-state index in [2.05, 4.69) is 15.5 Å². The van der Waals surface area contributed by atoms with E-state index in [0.717, 1.165) is 16.1 Å². The predicted molar refractivity (Wildman–Crippen MR) is 97.3 cm³/mol. The summed E-state index contributed by atoms with van der Waals surface area (Å²) in [7, 11) is 3.20. The number of carbonyl (C=O) groups is 1. The van der Waals surface area contributed by atoms with Gasteiger partial charge in [-0.15, -0.1) is 11.3 Å². The minimum absolute atomic E-state index is 0.253. The number of benzene rings is 1. The van der Waals surface area contributed by atoms with Gasteiger partial charge in [0, 0.05) is 5.56 Å². The van der Waals surface area contributed by atoms with Crippen molar-refractivity contribution >= 4 is 17.2 Å². The van der Waals surface area contributed by atoms with Crippen molar-refractivity contribution in [1.29, 1.82) is 0 Å². The highest BCUT2D eigenvalue weighted by Crippen LogP contribution is 2.29. The number of nitrogens with one attached hydrogen (secondary N) is 2. The fourth-order valence-electron chi connectivity index (χ4n) is 2.52. The highest BCUT2D eigenvalue weighted by atomic mass is 32.1. The van der Waals surface area contributed by atoms with Crippen LogP contribution in [0.25, 0.3) is 10.6 Å². The molecule has 6 nitrogen and oxygen atoms in total. The molecular formula is C18H19N3O3S. The number of ether oxygens (including phenoxy) is 2. The molecule has 0 radical (unpaired) electrons. The van der Waals surface area contributed by atoms with Gasteiger partial charge in [-0.2, -0.15) is 5.10 Å². The van der Waals surface area contributed by atoms with Crippen molar-refractivity contribution < 1.29 is 14.3 Å². The van der Waals surface area contributed by atoms with E-state index in [0.29, 0.717) is 17.2 Å². The van der Waals surface area contributed by atoms with Gasteiger partial charge in [-0.05, 0) is 42.6 Å². The van der Waals surface area contributed by atoms with Crippen molar-refractivity contribution in [2.24, 2.45) is 0 Å². The Bertz CT molecular complexity index is 858. The first kappa shape index (κ1) is 17.0. The summed E-state index contributed by atoms with van der Waals surface area (Å²) >= 11 is 1.59. The SMILES string of the molecule is COc1ccc(OC)c(C(C)NC(=O)c2cc(-c3cccs3)[nH]n2)c1. The van der Waals surface area contributed by atoms with Crippen LogP contribution in [-0.4, -0.2) is 30.3 Å². The standard InChI is InChI=1S/C18H19N3O3S/c1-11(13-9-12(23-2)6-7-16(13)24-3)19-18(22)15-10-14(20-21-15)17-5-4-8-25-17/h4-11H,1-3H3,(H,19,22)(H,20,21). The third-order valence-corrected chi connectivity index (χ3v) is 4.75. The van der Waals surface area contributed by atoms with Gasteiger partial charge >= 0.3 is 0 Å². The average molecular weight is 357 g/mol. The van der Waals surface area contributed by atoms with Gasteiger partial charge in [0.25, 0.3) is 5.91 Å². The molecule has 0 aliphatic rings. The third-order valence-electron chi connectivity index (χ3n) is 3.85. The molecular weight excluding hydrogens is 338 g/mol. The number of nitrogens with zero attached hydrogens (tertiary/aromatic N) is 1. The van der Waals surface area contributed by atoms with Crippen LogP contribution in [0.2, 0.25) is 0 Å². The van der Waals surface area contributed by atoms with Crippen LogP contribution in [0.1, 0.15) is 29.0 Å². The summed E-state index contributed by atoms with van der Waals surface area (Å²) in [6, 6.07) is 10.9. The Balaban J connectivity index is 1.77. The number of hydrogen-bond donors (Lipinski definition) is 2. The highest BCUT2D eigenvalue weighted by molar-refractivity contribution is 7.13. The first-order valence-electron chi connectivity index (χ1n) is 7.74. The zero-order valence-electron chi connectivity index (χ0n) is 14.2. The summed E-state index contributed by atoms with van der Waals surface area (Å²) in [6.07, 6.45) is 0. The van der Waals surface area contributed by atoms with Crippen molar-refractivity contribution in [2.45, 2.75) is 13.0 Å². The molecule has 1 amide bonds. The summed E-state index contributed by atoms with van der Waals surface area (Å²) < 4.78 is 10.6. The summed E-state index contributed by atoms with van der Waals surface area (Å²) in [6.45, 7) is 1.89. The Morgan fingerprint density at radius 1 is 1.24 bits per heavy atom. The van der Waals surface area contributed by atoms with E-state index in [1.54, 1.807) is 31.6 Å². The quantitative estimate of drug-likeness (QED) is 0.706. The van der Waals surface area contributed by atoms with Crippen LogP contribution in [0.5, 0.6) is 11.5 Å². The van der Waals surface area contributed by atoms with Crippen LogP contribution in [0.4, 0.5) is 0 Å². The lowest BCUT2D eigenvalue weighted by Crippen LogP contribution is -2.27. The van der Waals surface area contributed by atoms with Gasteiger partial charge in [-0.3, -0.25) is 9.89 Å². The number of aromatic amines is 1. The molecule has 1 atom stereocenters. The number of methoxy groups -OCH3 is 2. The Hall–Kier alpha value is -2.80. The lowest BCUT2D eigenvalue weighted by Gasteiger charge is -2.17. The van der Waals surface area contributed by atoms with E-state index < -0.39 is 0 Å². The largest absolute Gasteiger partial charge is 0.497 e. The lowest BCUT2D eigenvalue weighted by molar-refractivity contribution is 0.0934. The van der Waals surface area contributed by atoms with Crippen LogP contribution in [0.15, 0.2) is 41.8 Å². The molecule has 7 heteroatoms. The van der Waals surface area contributed by atoms with Crippen LogP contribution in [0, 0.1) is 0 Å². The number of hydrogen-bond acceptors (Lipinski definition) is 5. The summed E-state index contributed by atoms with van der Waals surface area (Å²) in [4.78, 5) is 13.5. The summed E-state index contributed by atoms with van der Waals surface area (Å²) in [5, 5.41) is 11.9. The molecule has 0 aliphatic heterocycles. The maximum absolute atomic E-state index is 12.5. The number of H-pyrrole nitrogens is 1. The Kier molecular flexibility index (Phi) is 5.04. The molecule has 0 aliphatic carbocycles. The van der Waals surface area contributed by atoms with E-state index in [9.17, 15) is 4.79 Å². The molecule has 3 rings (SSSR count). The minimum atomic E-state index is -0.264. The minimum Gasteiger partial charge on any atom is -0.497 e.